The third-order valence-electron chi connectivity index (χ3n) is 8.10. The summed E-state index contributed by atoms with van der Waals surface area (Å²) >= 11 is 0. The van der Waals surface area contributed by atoms with Crippen LogP contribution < -0.4 is 39.3 Å². The fourth-order valence-corrected chi connectivity index (χ4v) is 5.86. The van der Waals surface area contributed by atoms with E-state index in [0.29, 0.717) is 0 Å². The third kappa shape index (κ3) is 6.21. The quantitative estimate of drug-likeness (QED) is 0.0981. The molecule has 18 N–H and O–H groups in total. The molecule has 0 amide bonds. The summed E-state index contributed by atoms with van der Waals surface area (Å²) in [5.74, 6) is -0.485. The van der Waals surface area contributed by atoms with Crippen molar-refractivity contribution in [3.8, 4) is 0 Å². The van der Waals surface area contributed by atoms with E-state index < -0.39 is 117 Å². The predicted molar refractivity (Wildman–Crippen MR) is 136 cm³/mol. The van der Waals surface area contributed by atoms with Gasteiger partial charge in [-0.1, -0.05) is 0 Å². The van der Waals surface area contributed by atoms with E-state index in [2.05, 4.69) is 10.6 Å². The molecule has 3 saturated heterocycles. The van der Waals surface area contributed by atoms with Gasteiger partial charge in [-0.2, -0.15) is 0 Å². The summed E-state index contributed by atoms with van der Waals surface area (Å²) in [6, 6.07) is -4.74. The number of guanidine groups is 1. The Labute approximate surface area is 230 Å². The average Bonchev–Trinajstić information content (AvgIpc) is 2.90. The number of aliphatic hydroxyl groups is 5. The topological polar surface area (TPSA) is 325 Å². The van der Waals surface area contributed by atoms with E-state index in [1.807, 2.05) is 0 Å². The zero-order valence-electron chi connectivity index (χ0n) is 22.1. The van der Waals surface area contributed by atoms with Crippen LogP contribution in [-0.4, -0.2) is 149 Å². The van der Waals surface area contributed by atoms with Gasteiger partial charge in [0.05, 0.1) is 49.1 Å². The van der Waals surface area contributed by atoms with Gasteiger partial charge >= 0.3 is 0 Å². The molecule has 0 spiro atoms. The highest BCUT2D eigenvalue weighted by molar-refractivity contribution is 5.74. The van der Waals surface area contributed by atoms with Crippen molar-refractivity contribution >= 4 is 5.96 Å². The van der Waals surface area contributed by atoms with Gasteiger partial charge in [0, 0.05) is 12.1 Å². The van der Waals surface area contributed by atoms with Gasteiger partial charge in [-0.3, -0.25) is 5.41 Å². The highest BCUT2D eigenvalue weighted by atomic mass is 16.8. The lowest BCUT2D eigenvalue weighted by atomic mass is 9.83. The minimum Gasteiger partial charge on any atom is -0.394 e. The van der Waals surface area contributed by atoms with E-state index in [4.69, 9.17) is 57.8 Å². The number of hydrogen-bond donors (Lipinski definition) is 13. The van der Waals surface area contributed by atoms with E-state index in [1.165, 1.54) is 0 Å². The zero-order valence-corrected chi connectivity index (χ0v) is 22.1. The number of fused-ring (bicyclic) bond motifs is 1. The first kappa shape index (κ1) is 31.6. The van der Waals surface area contributed by atoms with Crippen molar-refractivity contribution in [3.63, 3.8) is 0 Å². The molecule has 4 rings (SSSR count). The molecule has 4 aliphatic rings. The molecule has 40 heavy (non-hydrogen) atoms. The van der Waals surface area contributed by atoms with Gasteiger partial charge in [-0.05, 0) is 19.9 Å². The Morgan fingerprint density at radius 3 is 2.15 bits per heavy atom. The molecule has 18 nitrogen and oxygen atoms in total. The van der Waals surface area contributed by atoms with Gasteiger partial charge in [0.25, 0.3) is 0 Å². The predicted octanol–water partition coefficient (Wildman–Crippen LogP) is -7.46. The van der Waals surface area contributed by atoms with Crippen molar-refractivity contribution in [2.75, 3.05) is 13.7 Å². The summed E-state index contributed by atoms with van der Waals surface area (Å²) in [7, 11) is 1.55. The second-order valence-corrected chi connectivity index (χ2v) is 10.9. The molecule has 10 unspecified atom stereocenters. The Morgan fingerprint density at radius 1 is 0.825 bits per heavy atom. The van der Waals surface area contributed by atoms with Crippen LogP contribution in [0.15, 0.2) is 0 Å². The maximum absolute atomic E-state index is 11.2. The summed E-state index contributed by atoms with van der Waals surface area (Å²) in [5.41, 5.74) is 29.9. The van der Waals surface area contributed by atoms with Crippen LogP contribution in [0.2, 0.25) is 0 Å². The minimum atomic E-state index is -1.62. The monoisotopic (exact) mass is 580 g/mol. The highest BCUT2D eigenvalue weighted by Crippen LogP contribution is 2.35. The second-order valence-electron chi connectivity index (χ2n) is 10.9. The van der Waals surface area contributed by atoms with Crippen molar-refractivity contribution in [3.05, 3.63) is 0 Å². The van der Waals surface area contributed by atoms with Crippen LogP contribution in [0.1, 0.15) is 12.8 Å². The Kier molecular flexibility index (Phi) is 10.2. The summed E-state index contributed by atoms with van der Waals surface area (Å²) < 4.78 is 29.6. The van der Waals surface area contributed by atoms with E-state index in [-0.39, 0.29) is 12.8 Å². The van der Waals surface area contributed by atoms with Crippen LogP contribution in [0.3, 0.4) is 0 Å². The van der Waals surface area contributed by atoms with Crippen molar-refractivity contribution < 1.29 is 49.2 Å². The van der Waals surface area contributed by atoms with Gasteiger partial charge in [0.1, 0.15) is 30.5 Å². The SMILES string of the molecule is CNC1C(O[C@H]2OC(CO)[C@@H](NC(=N)N)C(O)C2O)O[C@H]2CC(N)[C@@H](O[C@@H]3C(N)C[C@@H](N)C(O)[C@H]3N)OC2C1O. The van der Waals surface area contributed by atoms with Crippen molar-refractivity contribution in [2.24, 2.45) is 28.7 Å². The molecule has 3 heterocycles. The molecule has 1 saturated carbocycles. The molecule has 3 aliphatic heterocycles. The number of rotatable bonds is 7. The molecule has 0 radical (unpaired) electrons. The average molecular weight is 581 g/mol. The van der Waals surface area contributed by atoms with Crippen molar-refractivity contribution in [1.82, 2.24) is 10.6 Å². The number of aliphatic hydroxyl groups excluding tert-OH is 5. The zero-order chi connectivity index (χ0) is 29.5. The van der Waals surface area contributed by atoms with Crippen LogP contribution in [0.5, 0.6) is 0 Å². The fraction of sp³-hybridized carbons (Fsp3) is 0.955. The van der Waals surface area contributed by atoms with Crippen LogP contribution in [0, 0.1) is 5.41 Å². The van der Waals surface area contributed by atoms with Crippen LogP contribution in [0.25, 0.3) is 0 Å². The van der Waals surface area contributed by atoms with Crippen LogP contribution in [0.4, 0.5) is 0 Å². The van der Waals surface area contributed by atoms with Crippen LogP contribution >= 0.6 is 0 Å². The maximum atomic E-state index is 11.2. The minimum absolute atomic E-state index is 0.169. The molecular formula is C22H44N8O10. The highest BCUT2D eigenvalue weighted by Gasteiger charge is 2.54. The summed E-state index contributed by atoms with van der Waals surface area (Å²) in [6.45, 7) is -0.579. The first-order valence-electron chi connectivity index (χ1n) is 13.3. The Morgan fingerprint density at radius 2 is 1.52 bits per heavy atom. The fourth-order valence-electron chi connectivity index (χ4n) is 5.86. The van der Waals surface area contributed by atoms with Crippen molar-refractivity contribution in [2.45, 2.75) is 117 Å². The maximum Gasteiger partial charge on any atom is 0.189 e. The van der Waals surface area contributed by atoms with E-state index in [0.717, 1.165) is 0 Å². The molecule has 232 valence electrons. The van der Waals surface area contributed by atoms with Gasteiger partial charge in [-0.15, -0.1) is 0 Å². The molecular weight excluding hydrogens is 536 g/mol. The smallest absolute Gasteiger partial charge is 0.189 e. The number of likely N-dealkylation sites (N-methyl/N-ethyl adjacent to an activating group) is 1. The Bertz CT molecular complexity index is 862. The van der Waals surface area contributed by atoms with Gasteiger partial charge < -0.3 is 88.5 Å². The lowest BCUT2D eigenvalue weighted by Gasteiger charge is -2.51. The lowest BCUT2D eigenvalue weighted by molar-refractivity contribution is -0.372. The van der Waals surface area contributed by atoms with Gasteiger partial charge in [-0.25, -0.2) is 0 Å². The molecule has 0 aromatic rings. The van der Waals surface area contributed by atoms with Gasteiger partial charge in [0.15, 0.2) is 24.8 Å². The lowest BCUT2D eigenvalue weighted by Crippen LogP contribution is -2.71. The largest absolute Gasteiger partial charge is 0.394 e. The summed E-state index contributed by atoms with van der Waals surface area (Å²) in [4.78, 5) is 0. The molecule has 0 bridgehead atoms. The summed E-state index contributed by atoms with van der Waals surface area (Å²) in [6.07, 6.45) is -12.2. The van der Waals surface area contributed by atoms with E-state index in [1.54, 1.807) is 7.05 Å². The van der Waals surface area contributed by atoms with E-state index >= 15 is 0 Å². The number of hydrogen-bond acceptors (Lipinski definition) is 16. The Balaban J connectivity index is 1.43. The number of nitrogens with two attached hydrogens (primary N) is 5. The van der Waals surface area contributed by atoms with Crippen molar-refractivity contribution in [1.29, 1.82) is 5.41 Å². The number of ether oxygens (including phenoxy) is 5. The van der Waals surface area contributed by atoms with E-state index in [9.17, 15) is 25.5 Å². The van der Waals surface area contributed by atoms with Gasteiger partial charge in [0.2, 0.25) is 0 Å². The molecule has 1 aliphatic carbocycles. The molecule has 18 heteroatoms. The Hall–Kier alpha value is -1.33. The molecule has 0 aromatic carbocycles. The molecule has 0 aromatic heterocycles. The standard InChI is InChI=1S/C22H44N8O10/c1-29-12-15(34)18-8(3-7(25)19(39-18)38-17-6(24)2-5(23)13(32)10(17)26)36-20(12)40-21-16(35)14(33)11(30-22(27)28)9(4-31)37-21/h5-21,29,31-35H,2-4,23-26H2,1H3,(H4,27,28,30)/t5-,6?,7?,8+,9?,10-,11-,12?,13?,14?,15?,16?,17-,18?,19+,20?,21-/m1/s1. The molecule has 17 atom stereocenters. The first-order chi connectivity index (χ1) is 18.9. The third-order valence-corrected chi connectivity index (χ3v) is 8.10. The second kappa shape index (κ2) is 12.9. The number of nitrogens with one attached hydrogen (secondary N) is 3. The summed E-state index contributed by atoms with van der Waals surface area (Å²) in [5, 5.41) is 65.2. The van der Waals surface area contributed by atoms with Crippen LogP contribution in [-0.2, 0) is 23.7 Å². The normalized spacial score (nSPS) is 51.6. The molecule has 4 fully saturated rings. The first-order valence-corrected chi connectivity index (χ1v) is 13.3.